The van der Waals surface area contributed by atoms with Crippen molar-refractivity contribution in [3.05, 3.63) is 0 Å². The van der Waals surface area contributed by atoms with Crippen LogP contribution in [0.3, 0.4) is 0 Å². The van der Waals surface area contributed by atoms with E-state index in [4.69, 9.17) is 0 Å². The molecule has 0 radical (unpaired) electrons. The Morgan fingerprint density at radius 3 is 2.56 bits per heavy atom. The van der Waals surface area contributed by atoms with Crippen LogP contribution >= 0.6 is 0 Å². The standard InChI is InChI=1S/C12H18N2O2/c15-11-7-10(13-6-5-8-1-2-8)12(16)14(11)9-3-4-9/h8-10,13H,1-7H2. The van der Waals surface area contributed by atoms with Gasteiger partial charge in [-0.05, 0) is 31.7 Å². The first-order chi connectivity index (χ1) is 7.75. The van der Waals surface area contributed by atoms with Gasteiger partial charge in [-0.15, -0.1) is 0 Å². The van der Waals surface area contributed by atoms with Gasteiger partial charge in [0.2, 0.25) is 11.8 Å². The van der Waals surface area contributed by atoms with Crippen LogP contribution < -0.4 is 5.32 Å². The van der Waals surface area contributed by atoms with E-state index in [1.807, 2.05) is 0 Å². The van der Waals surface area contributed by atoms with Crippen molar-refractivity contribution in [2.45, 2.75) is 50.6 Å². The quantitative estimate of drug-likeness (QED) is 0.695. The minimum atomic E-state index is -0.230. The Labute approximate surface area is 95.4 Å². The topological polar surface area (TPSA) is 49.4 Å². The molecular formula is C12H18N2O2. The van der Waals surface area contributed by atoms with Crippen molar-refractivity contribution in [1.82, 2.24) is 10.2 Å². The second kappa shape index (κ2) is 3.84. The molecule has 1 atom stereocenters. The number of nitrogens with one attached hydrogen (secondary N) is 1. The van der Waals surface area contributed by atoms with Gasteiger partial charge >= 0.3 is 0 Å². The summed E-state index contributed by atoms with van der Waals surface area (Å²) in [5.41, 5.74) is 0. The second-order valence-electron chi connectivity index (χ2n) is 5.28. The average Bonchev–Trinajstić information content (AvgIpc) is 3.11. The highest BCUT2D eigenvalue weighted by atomic mass is 16.2. The van der Waals surface area contributed by atoms with Crippen LogP contribution in [-0.2, 0) is 9.59 Å². The van der Waals surface area contributed by atoms with Crippen LogP contribution in [0.2, 0.25) is 0 Å². The summed E-state index contributed by atoms with van der Waals surface area (Å²) in [6, 6.07) is 0.00193. The smallest absolute Gasteiger partial charge is 0.247 e. The highest BCUT2D eigenvalue weighted by Gasteiger charge is 2.45. The van der Waals surface area contributed by atoms with Gasteiger partial charge in [-0.2, -0.15) is 0 Å². The first-order valence-electron chi connectivity index (χ1n) is 6.35. The van der Waals surface area contributed by atoms with Gasteiger partial charge < -0.3 is 5.32 Å². The van der Waals surface area contributed by atoms with Crippen LogP contribution in [0, 0.1) is 5.92 Å². The number of likely N-dealkylation sites (tertiary alicyclic amines) is 1. The summed E-state index contributed by atoms with van der Waals surface area (Å²) < 4.78 is 0. The molecule has 1 aliphatic heterocycles. The van der Waals surface area contributed by atoms with Crippen molar-refractivity contribution in [2.24, 2.45) is 5.92 Å². The summed E-state index contributed by atoms with van der Waals surface area (Å²) in [5.74, 6) is 0.916. The Balaban J connectivity index is 1.51. The molecule has 2 aliphatic carbocycles. The van der Waals surface area contributed by atoms with Crippen molar-refractivity contribution in [3.8, 4) is 0 Å². The summed E-state index contributed by atoms with van der Waals surface area (Å²) in [7, 11) is 0. The van der Waals surface area contributed by atoms with Gasteiger partial charge in [0.1, 0.15) is 0 Å². The molecular weight excluding hydrogens is 204 g/mol. The van der Waals surface area contributed by atoms with Gasteiger partial charge in [-0.25, -0.2) is 0 Å². The monoisotopic (exact) mass is 222 g/mol. The largest absolute Gasteiger partial charge is 0.305 e. The molecule has 0 aromatic carbocycles. The molecule has 3 rings (SSSR count). The third-order valence-electron chi connectivity index (χ3n) is 3.74. The van der Waals surface area contributed by atoms with Crippen LogP contribution in [0.15, 0.2) is 0 Å². The molecule has 0 aromatic heterocycles. The van der Waals surface area contributed by atoms with Gasteiger partial charge in [0.25, 0.3) is 0 Å². The maximum Gasteiger partial charge on any atom is 0.247 e. The van der Waals surface area contributed by atoms with Crippen LogP contribution in [0.5, 0.6) is 0 Å². The van der Waals surface area contributed by atoms with Gasteiger partial charge in [0.15, 0.2) is 0 Å². The zero-order valence-corrected chi connectivity index (χ0v) is 9.45. The molecule has 0 bridgehead atoms. The van der Waals surface area contributed by atoms with Crippen molar-refractivity contribution in [2.75, 3.05) is 6.54 Å². The summed E-state index contributed by atoms with van der Waals surface area (Å²) in [6.07, 6.45) is 6.22. The Hall–Kier alpha value is -0.900. The zero-order valence-electron chi connectivity index (χ0n) is 9.45. The van der Waals surface area contributed by atoms with E-state index in [0.717, 1.165) is 31.7 Å². The van der Waals surface area contributed by atoms with Crippen LogP contribution in [0.25, 0.3) is 0 Å². The Morgan fingerprint density at radius 2 is 1.94 bits per heavy atom. The van der Waals surface area contributed by atoms with E-state index in [9.17, 15) is 9.59 Å². The van der Waals surface area contributed by atoms with E-state index in [-0.39, 0.29) is 23.9 Å². The van der Waals surface area contributed by atoms with Crippen molar-refractivity contribution in [3.63, 3.8) is 0 Å². The molecule has 1 saturated heterocycles. The van der Waals surface area contributed by atoms with Crippen molar-refractivity contribution < 1.29 is 9.59 Å². The fraction of sp³-hybridized carbons (Fsp3) is 0.833. The Bertz CT molecular complexity index is 321. The zero-order chi connectivity index (χ0) is 11.1. The maximum absolute atomic E-state index is 11.9. The number of imide groups is 1. The first-order valence-corrected chi connectivity index (χ1v) is 6.35. The lowest BCUT2D eigenvalue weighted by molar-refractivity contribution is -0.139. The van der Waals surface area contributed by atoms with E-state index in [0.29, 0.717) is 6.42 Å². The number of hydrogen-bond acceptors (Lipinski definition) is 3. The Morgan fingerprint density at radius 1 is 1.19 bits per heavy atom. The van der Waals surface area contributed by atoms with E-state index in [1.165, 1.54) is 17.7 Å². The number of carbonyl (C=O) groups is 2. The molecule has 2 saturated carbocycles. The number of amides is 2. The second-order valence-corrected chi connectivity index (χ2v) is 5.28. The lowest BCUT2D eigenvalue weighted by Crippen LogP contribution is -2.40. The normalized spacial score (nSPS) is 30.2. The summed E-state index contributed by atoms with van der Waals surface area (Å²) in [5, 5.41) is 3.23. The molecule has 4 nitrogen and oxygen atoms in total. The third kappa shape index (κ3) is 1.98. The van der Waals surface area contributed by atoms with Gasteiger partial charge in [0.05, 0.1) is 12.5 Å². The number of rotatable bonds is 5. The molecule has 2 amide bonds. The molecule has 1 heterocycles. The van der Waals surface area contributed by atoms with Crippen molar-refractivity contribution in [1.29, 1.82) is 0 Å². The molecule has 3 fully saturated rings. The van der Waals surface area contributed by atoms with E-state index < -0.39 is 0 Å². The molecule has 0 aromatic rings. The first kappa shape index (κ1) is 10.3. The molecule has 16 heavy (non-hydrogen) atoms. The fourth-order valence-electron chi connectivity index (χ4n) is 2.40. The number of nitrogens with zero attached hydrogens (tertiary/aromatic N) is 1. The number of carbonyl (C=O) groups excluding carboxylic acids is 2. The van der Waals surface area contributed by atoms with Crippen LogP contribution in [0.4, 0.5) is 0 Å². The minimum Gasteiger partial charge on any atom is -0.305 e. The van der Waals surface area contributed by atoms with Gasteiger partial charge in [-0.1, -0.05) is 12.8 Å². The van der Waals surface area contributed by atoms with Gasteiger partial charge in [0, 0.05) is 6.04 Å². The van der Waals surface area contributed by atoms with E-state index in [1.54, 1.807) is 0 Å². The Kier molecular flexibility index (Phi) is 2.46. The third-order valence-corrected chi connectivity index (χ3v) is 3.74. The molecule has 3 aliphatic rings. The van der Waals surface area contributed by atoms with Crippen LogP contribution in [-0.4, -0.2) is 35.3 Å². The van der Waals surface area contributed by atoms with E-state index >= 15 is 0 Å². The van der Waals surface area contributed by atoms with Crippen molar-refractivity contribution >= 4 is 11.8 Å². The SMILES string of the molecule is O=C1CC(NCCC2CC2)C(=O)N1C1CC1. The highest BCUT2D eigenvalue weighted by molar-refractivity contribution is 6.06. The summed E-state index contributed by atoms with van der Waals surface area (Å²) >= 11 is 0. The average molecular weight is 222 g/mol. The summed E-state index contributed by atoms with van der Waals surface area (Å²) in [4.78, 5) is 25.1. The predicted molar refractivity (Wildman–Crippen MR) is 58.6 cm³/mol. The minimum absolute atomic E-state index is 0.0169. The highest BCUT2D eigenvalue weighted by Crippen LogP contribution is 2.33. The lowest BCUT2D eigenvalue weighted by atomic mass is 10.2. The molecule has 1 N–H and O–H groups in total. The lowest BCUT2D eigenvalue weighted by Gasteiger charge is -2.14. The van der Waals surface area contributed by atoms with Crippen LogP contribution in [0.1, 0.15) is 38.5 Å². The molecule has 1 unspecified atom stereocenters. The number of hydrogen-bond donors (Lipinski definition) is 1. The molecule has 0 spiro atoms. The molecule has 88 valence electrons. The fourth-order valence-corrected chi connectivity index (χ4v) is 2.40. The predicted octanol–water partition coefficient (Wildman–Crippen LogP) is 0.666. The maximum atomic E-state index is 11.9. The molecule has 4 heteroatoms. The van der Waals surface area contributed by atoms with E-state index in [2.05, 4.69) is 5.32 Å². The van der Waals surface area contributed by atoms with Gasteiger partial charge in [-0.3, -0.25) is 14.5 Å². The summed E-state index contributed by atoms with van der Waals surface area (Å²) in [6.45, 7) is 0.882.